The summed E-state index contributed by atoms with van der Waals surface area (Å²) >= 11 is 0. The van der Waals surface area contributed by atoms with Crippen LogP contribution in [0.3, 0.4) is 0 Å². The molecule has 4 N–H and O–H groups in total. The molecule has 50 heavy (non-hydrogen) atoms. The van der Waals surface area contributed by atoms with Gasteiger partial charge in [0.05, 0.1) is 31.8 Å². The maximum atomic E-state index is 13.5. The van der Waals surface area contributed by atoms with E-state index < -0.39 is 11.9 Å². The first-order valence-corrected chi connectivity index (χ1v) is 19.4. The summed E-state index contributed by atoms with van der Waals surface area (Å²) < 4.78 is 19.3. The zero-order chi connectivity index (χ0) is 36.5. The number of tetrazole rings is 1. The van der Waals surface area contributed by atoms with Crippen LogP contribution in [0.2, 0.25) is 0 Å². The number of nitrogens with two attached hydrogens (primary N) is 1. The summed E-state index contributed by atoms with van der Waals surface area (Å²) in [4.78, 5) is 15.2. The average molecular weight is 699 g/mol. The molecule has 4 aliphatic carbocycles. The first-order chi connectivity index (χ1) is 23.5. The molecule has 6 rings (SSSR count). The van der Waals surface area contributed by atoms with Gasteiger partial charge in [0.25, 0.3) is 5.95 Å². The average Bonchev–Trinajstić information content (AvgIpc) is 3.49. The molecule has 282 valence electrons. The van der Waals surface area contributed by atoms with Crippen molar-refractivity contribution in [3.8, 4) is 0 Å². The molecule has 4 fully saturated rings. The number of ether oxygens (including phenoxy) is 3. The molecule has 2 heterocycles. The molecule has 1 saturated heterocycles. The van der Waals surface area contributed by atoms with E-state index in [-0.39, 0.29) is 56.6 Å². The molecule has 1 unspecified atom stereocenters. The van der Waals surface area contributed by atoms with Gasteiger partial charge >= 0.3 is 5.97 Å². The van der Waals surface area contributed by atoms with Crippen molar-refractivity contribution in [2.45, 2.75) is 125 Å². The zero-order valence-electron chi connectivity index (χ0n) is 32.6. The molecule has 5 aliphatic rings. The number of hydrogen-bond acceptors (Lipinski definition) is 9. The maximum absolute atomic E-state index is 13.5. The summed E-state index contributed by atoms with van der Waals surface area (Å²) in [5, 5.41) is 27.9. The highest BCUT2D eigenvalue weighted by molar-refractivity contribution is 5.73. The Hall–Kier alpha value is -2.08. The van der Waals surface area contributed by atoms with Gasteiger partial charge in [0.15, 0.2) is 0 Å². The van der Waals surface area contributed by atoms with E-state index in [1.165, 1.54) is 5.57 Å². The van der Waals surface area contributed by atoms with Gasteiger partial charge in [-0.3, -0.25) is 4.79 Å². The van der Waals surface area contributed by atoms with Crippen LogP contribution in [0.5, 0.6) is 0 Å². The Morgan fingerprint density at radius 2 is 1.92 bits per heavy atom. The SMILES string of the molecule is CCNC(C)(CCOC)CO[C@H]1[C@H](n2nnc(N)n2)C[C@@]23COC[C@]1(C)[C@@H]2CC[C@H]1C3=CC[C@@]2(C)[C@H](C(=O)O)[C@@](C)([C@H](C)C(C)C)CC[C@]12C. The fraction of sp³-hybridized carbons (Fsp3) is 0.897. The second-order valence-electron chi connectivity index (χ2n) is 18.7. The Bertz CT molecular complexity index is 1450. The topological polar surface area (TPSA) is 147 Å². The fourth-order valence-corrected chi connectivity index (χ4v) is 12.7. The number of rotatable bonds is 12. The van der Waals surface area contributed by atoms with Crippen LogP contribution in [-0.4, -0.2) is 83.0 Å². The van der Waals surface area contributed by atoms with Crippen molar-refractivity contribution in [1.29, 1.82) is 0 Å². The van der Waals surface area contributed by atoms with Crippen molar-refractivity contribution in [1.82, 2.24) is 25.5 Å². The lowest BCUT2D eigenvalue weighted by Crippen LogP contribution is -2.69. The number of fused-ring (bicyclic) bond motifs is 3. The van der Waals surface area contributed by atoms with Crippen LogP contribution in [0.4, 0.5) is 5.95 Å². The molecule has 0 spiro atoms. The highest BCUT2D eigenvalue weighted by Gasteiger charge is 2.72. The fourth-order valence-electron chi connectivity index (χ4n) is 12.7. The molecule has 1 aliphatic heterocycles. The molecule has 12 atom stereocenters. The molecule has 0 amide bonds. The highest BCUT2D eigenvalue weighted by atomic mass is 16.5. The van der Waals surface area contributed by atoms with Crippen molar-refractivity contribution in [3.63, 3.8) is 0 Å². The number of aliphatic carboxylic acids is 1. The van der Waals surface area contributed by atoms with Crippen LogP contribution in [0.15, 0.2) is 11.6 Å². The summed E-state index contributed by atoms with van der Waals surface area (Å²) in [6.45, 7) is 23.7. The minimum atomic E-state index is -0.631. The summed E-state index contributed by atoms with van der Waals surface area (Å²) in [5.41, 5.74) is 5.97. The molecular weight excluding hydrogens is 632 g/mol. The number of nitrogen functional groups attached to an aromatic ring is 1. The van der Waals surface area contributed by atoms with E-state index in [1.807, 2.05) is 0 Å². The van der Waals surface area contributed by atoms with Gasteiger partial charge in [-0.05, 0) is 104 Å². The third-order valence-corrected chi connectivity index (χ3v) is 15.9. The molecule has 11 heteroatoms. The molecule has 2 bridgehead atoms. The summed E-state index contributed by atoms with van der Waals surface area (Å²) in [5.74, 6) is 0.455. The number of nitrogens with one attached hydrogen (secondary N) is 1. The van der Waals surface area contributed by atoms with Gasteiger partial charge in [0.2, 0.25) is 0 Å². The van der Waals surface area contributed by atoms with Crippen LogP contribution < -0.4 is 11.1 Å². The Labute approximate surface area is 300 Å². The van der Waals surface area contributed by atoms with Gasteiger partial charge in [0.1, 0.15) is 6.04 Å². The first-order valence-electron chi connectivity index (χ1n) is 19.4. The number of allylic oxidation sites excluding steroid dienone is 1. The van der Waals surface area contributed by atoms with Crippen molar-refractivity contribution < 1.29 is 24.1 Å². The lowest BCUT2D eigenvalue weighted by Gasteiger charge is -2.71. The third-order valence-electron chi connectivity index (χ3n) is 15.9. The van der Waals surface area contributed by atoms with Gasteiger partial charge in [-0.15, -0.1) is 5.10 Å². The number of nitrogens with zero attached hydrogens (tertiary/aromatic N) is 4. The van der Waals surface area contributed by atoms with E-state index in [2.05, 4.69) is 89.1 Å². The molecule has 3 saturated carbocycles. The monoisotopic (exact) mass is 699 g/mol. The van der Waals surface area contributed by atoms with Gasteiger partial charge in [-0.2, -0.15) is 4.80 Å². The number of anilines is 1. The van der Waals surface area contributed by atoms with Crippen LogP contribution in [0, 0.1) is 56.7 Å². The van der Waals surface area contributed by atoms with E-state index >= 15 is 0 Å². The van der Waals surface area contributed by atoms with Crippen LogP contribution in [0.25, 0.3) is 0 Å². The standard InChI is InChI=1S/C39H66N6O5/c1-11-41-34(5,18-19-48-10)21-50-31-28(45-43-33(40)42-44-45)20-39-23-49-22-36(31,7)29(39)13-12-26-27(39)14-15-38(9)30(32(46)47)35(6,25(4)24(2)3)16-17-37(26,38)8/h14,24-26,28-31,41H,11-13,15-23H2,1-10H3,(H2,40,43)(H,46,47)/t25-,26+,28-,29+,30-,31+,34?,35-,36-,37-,38+,39+/m1/s1. The van der Waals surface area contributed by atoms with Crippen molar-refractivity contribution in [2.75, 3.05) is 45.8 Å². The molecule has 0 aromatic carbocycles. The molecule has 1 aromatic heterocycles. The van der Waals surface area contributed by atoms with Crippen molar-refractivity contribution in [3.05, 3.63) is 11.6 Å². The van der Waals surface area contributed by atoms with Crippen LogP contribution in [0.1, 0.15) is 113 Å². The number of carbonyl (C=O) groups is 1. The van der Waals surface area contributed by atoms with Gasteiger partial charge in [-0.1, -0.05) is 72.1 Å². The Balaban J connectivity index is 1.42. The summed E-state index contributed by atoms with van der Waals surface area (Å²) in [6.07, 6.45) is 8.68. The number of hydrogen-bond donors (Lipinski definition) is 3. The second-order valence-corrected chi connectivity index (χ2v) is 18.7. The van der Waals surface area contributed by atoms with E-state index in [9.17, 15) is 9.90 Å². The Kier molecular flexibility index (Phi) is 9.87. The van der Waals surface area contributed by atoms with E-state index in [1.54, 1.807) is 11.9 Å². The van der Waals surface area contributed by atoms with Crippen molar-refractivity contribution >= 4 is 11.9 Å². The van der Waals surface area contributed by atoms with Crippen LogP contribution >= 0.6 is 0 Å². The number of aromatic nitrogens is 4. The largest absolute Gasteiger partial charge is 0.481 e. The summed E-state index contributed by atoms with van der Waals surface area (Å²) in [7, 11) is 1.74. The van der Waals surface area contributed by atoms with Crippen LogP contribution in [-0.2, 0) is 19.0 Å². The van der Waals surface area contributed by atoms with Gasteiger partial charge in [0, 0.05) is 30.1 Å². The lowest BCUT2D eigenvalue weighted by atomic mass is 9.34. The summed E-state index contributed by atoms with van der Waals surface area (Å²) in [6, 6.07) is -0.188. The van der Waals surface area contributed by atoms with Crippen molar-refractivity contribution in [2.24, 2.45) is 56.7 Å². The minimum absolute atomic E-state index is 0.155. The Morgan fingerprint density at radius 1 is 1.18 bits per heavy atom. The normalized spacial score (nSPS) is 42.9. The molecular formula is C39H66N6O5. The zero-order valence-corrected chi connectivity index (χ0v) is 32.6. The second kappa shape index (κ2) is 13.1. The number of likely N-dealkylation sites (N-methyl/N-ethyl adjacent to an activating group) is 1. The lowest BCUT2D eigenvalue weighted by molar-refractivity contribution is -0.254. The number of methoxy groups -OCH3 is 1. The van der Waals surface area contributed by atoms with E-state index in [0.717, 1.165) is 51.5 Å². The number of carboxylic acids is 1. The first kappa shape index (κ1) is 37.7. The molecule has 0 radical (unpaired) electrons. The number of carboxylic acid groups (broad SMARTS) is 1. The quantitative estimate of drug-likeness (QED) is 0.217. The minimum Gasteiger partial charge on any atom is -0.481 e. The molecule has 11 nitrogen and oxygen atoms in total. The smallest absolute Gasteiger partial charge is 0.307 e. The third kappa shape index (κ3) is 5.49. The van der Waals surface area contributed by atoms with Gasteiger partial charge in [-0.25, -0.2) is 0 Å². The predicted octanol–water partition coefficient (Wildman–Crippen LogP) is 6.17. The van der Waals surface area contributed by atoms with E-state index in [0.29, 0.717) is 44.2 Å². The molecule has 1 aromatic rings. The Morgan fingerprint density at radius 3 is 2.54 bits per heavy atom. The van der Waals surface area contributed by atoms with Gasteiger partial charge < -0.3 is 30.4 Å². The maximum Gasteiger partial charge on any atom is 0.307 e. The van der Waals surface area contributed by atoms with E-state index in [4.69, 9.17) is 19.9 Å². The highest BCUT2D eigenvalue weighted by Crippen LogP contribution is 2.75. The predicted molar refractivity (Wildman–Crippen MR) is 193 cm³/mol.